The van der Waals surface area contributed by atoms with Gasteiger partial charge in [-0.2, -0.15) is 0 Å². The molecule has 0 aliphatic heterocycles. The lowest BCUT2D eigenvalue weighted by atomic mass is 10.2. The molecule has 1 saturated carbocycles. The molecule has 0 saturated heterocycles. The molecule has 2 amide bonds. The molecular weight excluding hydrogens is 296 g/mol. The highest BCUT2D eigenvalue weighted by Crippen LogP contribution is 2.22. The van der Waals surface area contributed by atoms with Crippen LogP contribution in [0.2, 0.25) is 0 Å². The van der Waals surface area contributed by atoms with E-state index < -0.39 is 0 Å². The lowest BCUT2D eigenvalue weighted by Crippen LogP contribution is -2.40. The first-order valence-electron chi connectivity index (χ1n) is 7.76. The Morgan fingerprint density at radius 1 is 1.35 bits per heavy atom. The van der Waals surface area contributed by atoms with Crippen LogP contribution in [0.25, 0.3) is 11.5 Å². The Hall–Kier alpha value is -2.57. The van der Waals surface area contributed by atoms with E-state index in [0.717, 1.165) is 24.2 Å². The highest BCUT2D eigenvalue weighted by molar-refractivity contribution is 5.74. The fourth-order valence-corrected chi connectivity index (χ4v) is 2.66. The van der Waals surface area contributed by atoms with E-state index in [0.29, 0.717) is 11.8 Å². The Kier molecular flexibility index (Phi) is 4.75. The third-order valence-corrected chi connectivity index (χ3v) is 3.87. The molecule has 122 valence electrons. The molecule has 2 aromatic rings. The third kappa shape index (κ3) is 4.00. The van der Waals surface area contributed by atoms with Crippen LogP contribution in [0.1, 0.15) is 31.6 Å². The van der Waals surface area contributed by atoms with Crippen molar-refractivity contribution < 1.29 is 13.9 Å². The van der Waals surface area contributed by atoms with Crippen LogP contribution >= 0.6 is 0 Å². The van der Waals surface area contributed by atoms with Crippen molar-refractivity contribution >= 4 is 6.03 Å². The summed E-state index contributed by atoms with van der Waals surface area (Å²) in [6, 6.07) is 7.46. The Morgan fingerprint density at radius 3 is 2.96 bits per heavy atom. The van der Waals surface area contributed by atoms with Crippen molar-refractivity contribution in [3.05, 3.63) is 30.2 Å². The molecule has 7 nitrogen and oxygen atoms in total. The number of amides is 2. The van der Waals surface area contributed by atoms with Gasteiger partial charge in [-0.15, -0.1) is 10.2 Å². The summed E-state index contributed by atoms with van der Waals surface area (Å²) in [6.45, 7) is 0.204. The van der Waals surface area contributed by atoms with Crippen molar-refractivity contribution in [1.29, 1.82) is 0 Å². The minimum Gasteiger partial charge on any atom is -0.497 e. The second-order valence-electron chi connectivity index (χ2n) is 5.54. The molecule has 0 unspecified atom stereocenters. The Bertz CT molecular complexity index is 665. The number of nitrogens with one attached hydrogen (secondary N) is 2. The molecule has 7 heteroatoms. The molecule has 1 aromatic heterocycles. The third-order valence-electron chi connectivity index (χ3n) is 3.87. The van der Waals surface area contributed by atoms with Gasteiger partial charge in [0.05, 0.1) is 13.7 Å². The average molecular weight is 316 g/mol. The summed E-state index contributed by atoms with van der Waals surface area (Å²) in [4.78, 5) is 11.8. The van der Waals surface area contributed by atoms with E-state index >= 15 is 0 Å². The van der Waals surface area contributed by atoms with Gasteiger partial charge in [-0.25, -0.2) is 4.79 Å². The van der Waals surface area contributed by atoms with Crippen LogP contribution in [0.3, 0.4) is 0 Å². The number of nitrogens with zero attached hydrogens (tertiary/aromatic N) is 2. The molecule has 2 N–H and O–H groups in total. The molecule has 3 rings (SSSR count). The predicted molar refractivity (Wildman–Crippen MR) is 83.9 cm³/mol. The van der Waals surface area contributed by atoms with Crippen LogP contribution < -0.4 is 15.4 Å². The maximum absolute atomic E-state index is 11.8. The van der Waals surface area contributed by atoms with Crippen LogP contribution in [-0.4, -0.2) is 29.4 Å². The van der Waals surface area contributed by atoms with Crippen LogP contribution in [0.15, 0.2) is 28.7 Å². The van der Waals surface area contributed by atoms with Crippen LogP contribution in [0.5, 0.6) is 5.75 Å². The first kappa shape index (κ1) is 15.3. The monoisotopic (exact) mass is 316 g/mol. The van der Waals surface area contributed by atoms with Gasteiger partial charge in [-0.05, 0) is 31.0 Å². The Labute approximate surface area is 134 Å². The number of hydrogen-bond acceptors (Lipinski definition) is 5. The molecular formula is C16H20N4O3. The van der Waals surface area contributed by atoms with E-state index in [2.05, 4.69) is 20.8 Å². The van der Waals surface area contributed by atoms with Gasteiger partial charge in [0.15, 0.2) is 0 Å². The number of carbonyl (C=O) groups excluding carboxylic acids is 1. The van der Waals surface area contributed by atoms with Crippen molar-refractivity contribution in [3.8, 4) is 17.2 Å². The minimum absolute atomic E-state index is 0.196. The standard InChI is InChI=1S/C16H20N4O3/c1-22-13-8-4-5-11(9-13)15-20-19-14(23-15)10-17-16(21)18-12-6-2-3-7-12/h4-5,8-9,12H,2-3,6-7,10H2,1H3,(H2,17,18,21). The Morgan fingerprint density at radius 2 is 2.17 bits per heavy atom. The van der Waals surface area contributed by atoms with Crippen LogP contribution in [0.4, 0.5) is 4.79 Å². The van der Waals surface area contributed by atoms with E-state index in [9.17, 15) is 4.79 Å². The van der Waals surface area contributed by atoms with Crippen molar-refractivity contribution in [2.45, 2.75) is 38.3 Å². The Balaban J connectivity index is 1.55. The summed E-state index contributed by atoms with van der Waals surface area (Å²) >= 11 is 0. The van der Waals surface area contributed by atoms with Gasteiger partial charge in [-0.3, -0.25) is 0 Å². The molecule has 1 aromatic carbocycles. The van der Waals surface area contributed by atoms with Crippen molar-refractivity contribution in [1.82, 2.24) is 20.8 Å². The zero-order valence-corrected chi connectivity index (χ0v) is 13.0. The van der Waals surface area contributed by atoms with E-state index in [1.165, 1.54) is 12.8 Å². The summed E-state index contributed by atoms with van der Waals surface area (Å²) in [5.41, 5.74) is 0.776. The number of urea groups is 1. The van der Waals surface area contributed by atoms with Gasteiger partial charge in [-0.1, -0.05) is 18.9 Å². The number of ether oxygens (including phenoxy) is 1. The fourth-order valence-electron chi connectivity index (χ4n) is 2.66. The summed E-state index contributed by atoms with van der Waals surface area (Å²) in [5.74, 6) is 1.48. The number of benzene rings is 1. The van der Waals surface area contributed by atoms with Gasteiger partial charge in [0.1, 0.15) is 5.75 Å². The van der Waals surface area contributed by atoms with Crippen molar-refractivity contribution in [2.75, 3.05) is 7.11 Å². The van der Waals surface area contributed by atoms with Gasteiger partial charge >= 0.3 is 6.03 Å². The molecule has 0 radical (unpaired) electrons. The van der Waals surface area contributed by atoms with E-state index in [1.54, 1.807) is 7.11 Å². The second-order valence-corrected chi connectivity index (χ2v) is 5.54. The SMILES string of the molecule is COc1cccc(-c2nnc(CNC(=O)NC3CCCC3)o2)c1. The lowest BCUT2D eigenvalue weighted by molar-refractivity contribution is 0.235. The van der Waals surface area contributed by atoms with Gasteiger partial charge in [0.25, 0.3) is 0 Å². The zero-order valence-electron chi connectivity index (χ0n) is 13.0. The number of aromatic nitrogens is 2. The summed E-state index contributed by atoms with van der Waals surface area (Å²) in [6.07, 6.45) is 4.46. The summed E-state index contributed by atoms with van der Waals surface area (Å²) in [7, 11) is 1.60. The first-order valence-corrected chi connectivity index (χ1v) is 7.76. The first-order chi connectivity index (χ1) is 11.2. The highest BCUT2D eigenvalue weighted by Gasteiger charge is 2.17. The normalized spacial score (nSPS) is 14.7. The maximum atomic E-state index is 11.8. The lowest BCUT2D eigenvalue weighted by Gasteiger charge is -2.11. The second kappa shape index (κ2) is 7.13. The molecule has 0 spiro atoms. The smallest absolute Gasteiger partial charge is 0.315 e. The molecule has 1 heterocycles. The molecule has 1 aliphatic rings. The largest absolute Gasteiger partial charge is 0.497 e. The van der Waals surface area contributed by atoms with Gasteiger partial charge in [0, 0.05) is 11.6 Å². The number of hydrogen-bond donors (Lipinski definition) is 2. The van der Waals surface area contributed by atoms with E-state index in [1.807, 2.05) is 24.3 Å². The summed E-state index contributed by atoms with van der Waals surface area (Å²) in [5, 5.41) is 13.6. The topological polar surface area (TPSA) is 89.3 Å². The van der Waals surface area contributed by atoms with E-state index in [4.69, 9.17) is 9.15 Å². The molecule has 23 heavy (non-hydrogen) atoms. The molecule has 0 atom stereocenters. The number of methoxy groups -OCH3 is 1. The minimum atomic E-state index is -0.196. The highest BCUT2D eigenvalue weighted by atomic mass is 16.5. The van der Waals surface area contributed by atoms with Gasteiger partial charge < -0.3 is 19.8 Å². The maximum Gasteiger partial charge on any atom is 0.315 e. The molecule has 1 aliphatic carbocycles. The van der Waals surface area contributed by atoms with Gasteiger partial charge in [0.2, 0.25) is 11.8 Å². The van der Waals surface area contributed by atoms with E-state index in [-0.39, 0.29) is 18.6 Å². The number of carbonyl (C=O) groups is 1. The fraction of sp³-hybridized carbons (Fsp3) is 0.438. The quantitative estimate of drug-likeness (QED) is 0.884. The molecule has 0 bridgehead atoms. The zero-order chi connectivity index (χ0) is 16.1. The van der Waals surface area contributed by atoms with Crippen molar-refractivity contribution in [3.63, 3.8) is 0 Å². The molecule has 1 fully saturated rings. The van der Waals surface area contributed by atoms with Crippen LogP contribution in [0, 0.1) is 0 Å². The number of rotatable bonds is 5. The predicted octanol–water partition coefficient (Wildman–Crippen LogP) is 2.49. The van der Waals surface area contributed by atoms with Crippen LogP contribution in [-0.2, 0) is 6.54 Å². The summed E-state index contributed by atoms with van der Waals surface area (Å²) < 4.78 is 10.7. The van der Waals surface area contributed by atoms with Crippen molar-refractivity contribution in [2.24, 2.45) is 0 Å². The average Bonchev–Trinajstić information content (AvgIpc) is 3.24.